The summed E-state index contributed by atoms with van der Waals surface area (Å²) in [5, 5.41) is 8.01. The molecule has 1 saturated carbocycles. The smallest absolute Gasteiger partial charge is 0.0625 e. The monoisotopic (exact) mass is 221 g/mol. The lowest BCUT2D eigenvalue weighted by Gasteiger charge is -2.13. The molecule has 0 amide bonds. The Labute approximate surface area is 98.2 Å². The molecule has 2 rings (SSSR count). The van der Waals surface area contributed by atoms with Crippen LogP contribution >= 0.6 is 0 Å². The van der Waals surface area contributed by atoms with Gasteiger partial charge in [0.25, 0.3) is 0 Å². The topological polar surface area (TPSA) is 29.9 Å². The minimum absolute atomic E-state index is 0.470. The van der Waals surface area contributed by atoms with E-state index in [1.165, 1.54) is 25.0 Å². The summed E-state index contributed by atoms with van der Waals surface area (Å²) in [5.74, 6) is 0.928. The van der Waals surface area contributed by atoms with E-state index in [0.29, 0.717) is 12.1 Å². The molecule has 1 aromatic heterocycles. The van der Waals surface area contributed by atoms with Gasteiger partial charge >= 0.3 is 0 Å². The second-order valence-electron chi connectivity index (χ2n) is 5.15. The fraction of sp³-hybridized carbons (Fsp3) is 0.769. The molecule has 0 bridgehead atoms. The van der Waals surface area contributed by atoms with E-state index in [4.69, 9.17) is 0 Å². The van der Waals surface area contributed by atoms with Gasteiger partial charge in [0.15, 0.2) is 0 Å². The highest BCUT2D eigenvalue weighted by Crippen LogP contribution is 2.34. The molecule has 0 spiro atoms. The fourth-order valence-corrected chi connectivity index (χ4v) is 2.22. The van der Waals surface area contributed by atoms with Gasteiger partial charge in [-0.25, -0.2) is 0 Å². The van der Waals surface area contributed by atoms with E-state index in [9.17, 15) is 0 Å². The molecule has 90 valence electrons. The summed E-state index contributed by atoms with van der Waals surface area (Å²) in [6.45, 7) is 4.33. The SMILES string of the molecule is CNC(CCc1ccn(C(C)C)n1)C1CC1. The summed E-state index contributed by atoms with van der Waals surface area (Å²) in [6, 6.07) is 3.32. The molecule has 1 heterocycles. The summed E-state index contributed by atoms with van der Waals surface area (Å²) in [6.07, 6.45) is 7.22. The van der Waals surface area contributed by atoms with Gasteiger partial charge in [-0.1, -0.05) is 0 Å². The molecule has 1 aromatic rings. The number of aryl methyl sites for hydroxylation is 1. The quantitative estimate of drug-likeness (QED) is 0.799. The highest BCUT2D eigenvalue weighted by molar-refractivity contribution is 5.01. The van der Waals surface area contributed by atoms with Crippen molar-refractivity contribution in [1.82, 2.24) is 15.1 Å². The lowest BCUT2D eigenvalue weighted by Crippen LogP contribution is -2.27. The van der Waals surface area contributed by atoms with Crippen LogP contribution in [0.4, 0.5) is 0 Å². The Hall–Kier alpha value is -0.830. The van der Waals surface area contributed by atoms with Crippen LogP contribution in [-0.2, 0) is 6.42 Å². The van der Waals surface area contributed by atoms with E-state index in [2.05, 4.69) is 43.6 Å². The normalized spacial score (nSPS) is 18.0. The maximum absolute atomic E-state index is 4.58. The average molecular weight is 221 g/mol. The zero-order valence-electron chi connectivity index (χ0n) is 10.6. The molecular formula is C13H23N3. The second-order valence-corrected chi connectivity index (χ2v) is 5.15. The van der Waals surface area contributed by atoms with Gasteiger partial charge < -0.3 is 5.32 Å². The second kappa shape index (κ2) is 5.00. The first-order chi connectivity index (χ1) is 7.70. The zero-order valence-corrected chi connectivity index (χ0v) is 10.6. The molecule has 1 N–H and O–H groups in total. The van der Waals surface area contributed by atoms with Crippen molar-refractivity contribution in [2.45, 2.75) is 51.6 Å². The predicted molar refractivity (Wildman–Crippen MR) is 66.5 cm³/mol. The summed E-state index contributed by atoms with van der Waals surface area (Å²) in [5.41, 5.74) is 1.23. The third kappa shape index (κ3) is 2.85. The third-order valence-electron chi connectivity index (χ3n) is 3.47. The van der Waals surface area contributed by atoms with Gasteiger partial charge in [-0.2, -0.15) is 5.10 Å². The predicted octanol–water partition coefficient (Wildman–Crippen LogP) is 2.39. The van der Waals surface area contributed by atoms with Crippen molar-refractivity contribution in [1.29, 1.82) is 0 Å². The Bertz CT molecular complexity index is 326. The van der Waals surface area contributed by atoms with Crippen LogP contribution in [0.3, 0.4) is 0 Å². The maximum Gasteiger partial charge on any atom is 0.0625 e. The molecule has 3 nitrogen and oxygen atoms in total. The van der Waals surface area contributed by atoms with Gasteiger partial charge in [0, 0.05) is 18.3 Å². The van der Waals surface area contributed by atoms with E-state index >= 15 is 0 Å². The molecule has 16 heavy (non-hydrogen) atoms. The van der Waals surface area contributed by atoms with Crippen LogP contribution in [0.1, 0.15) is 44.8 Å². The van der Waals surface area contributed by atoms with E-state index in [1.807, 2.05) is 4.68 Å². The third-order valence-corrected chi connectivity index (χ3v) is 3.47. The largest absolute Gasteiger partial charge is 0.317 e. The summed E-state index contributed by atoms with van der Waals surface area (Å²) < 4.78 is 2.04. The van der Waals surface area contributed by atoms with Crippen molar-refractivity contribution in [2.75, 3.05) is 7.05 Å². The number of hydrogen-bond acceptors (Lipinski definition) is 2. The molecule has 1 unspecified atom stereocenters. The van der Waals surface area contributed by atoms with Crippen LogP contribution in [0, 0.1) is 5.92 Å². The molecule has 0 aliphatic heterocycles. The molecule has 0 radical (unpaired) electrons. The van der Waals surface area contributed by atoms with Crippen LogP contribution in [0.25, 0.3) is 0 Å². The molecular weight excluding hydrogens is 198 g/mol. The van der Waals surface area contributed by atoms with Crippen molar-refractivity contribution in [3.05, 3.63) is 18.0 Å². The maximum atomic E-state index is 4.58. The molecule has 1 atom stereocenters. The Morgan fingerprint density at radius 1 is 1.50 bits per heavy atom. The minimum atomic E-state index is 0.470. The Kier molecular flexibility index (Phi) is 3.64. The van der Waals surface area contributed by atoms with Crippen LogP contribution < -0.4 is 5.32 Å². The van der Waals surface area contributed by atoms with Gasteiger partial charge in [0.05, 0.1) is 5.69 Å². The first-order valence-electron chi connectivity index (χ1n) is 6.42. The van der Waals surface area contributed by atoms with Gasteiger partial charge in [0.2, 0.25) is 0 Å². The van der Waals surface area contributed by atoms with E-state index in [-0.39, 0.29) is 0 Å². The first kappa shape index (κ1) is 11.6. The molecule has 3 heteroatoms. The van der Waals surface area contributed by atoms with E-state index < -0.39 is 0 Å². The van der Waals surface area contributed by atoms with E-state index in [1.54, 1.807) is 0 Å². The molecule has 1 fully saturated rings. The van der Waals surface area contributed by atoms with Gasteiger partial charge in [-0.05, 0) is 58.6 Å². The first-order valence-corrected chi connectivity index (χ1v) is 6.42. The highest BCUT2D eigenvalue weighted by atomic mass is 15.3. The van der Waals surface area contributed by atoms with Crippen LogP contribution in [0.2, 0.25) is 0 Å². The van der Waals surface area contributed by atoms with Gasteiger partial charge in [-0.15, -0.1) is 0 Å². The fourth-order valence-electron chi connectivity index (χ4n) is 2.22. The zero-order chi connectivity index (χ0) is 11.5. The molecule has 0 saturated heterocycles. The van der Waals surface area contributed by atoms with Crippen LogP contribution in [0.15, 0.2) is 12.3 Å². The Balaban J connectivity index is 1.83. The van der Waals surface area contributed by atoms with E-state index in [0.717, 1.165) is 12.3 Å². The van der Waals surface area contributed by atoms with Crippen LogP contribution in [0.5, 0.6) is 0 Å². The number of nitrogens with zero attached hydrogens (tertiary/aromatic N) is 2. The van der Waals surface area contributed by atoms with Crippen LogP contribution in [-0.4, -0.2) is 22.9 Å². The van der Waals surface area contributed by atoms with Crippen molar-refractivity contribution in [3.8, 4) is 0 Å². The summed E-state index contributed by atoms with van der Waals surface area (Å²) in [7, 11) is 2.08. The lowest BCUT2D eigenvalue weighted by molar-refractivity contribution is 0.463. The van der Waals surface area contributed by atoms with Crippen molar-refractivity contribution in [2.24, 2.45) is 5.92 Å². The Morgan fingerprint density at radius 2 is 2.25 bits per heavy atom. The average Bonchev–Trinajstić information content (AvgIpc) is 2.97. The number of nitrogens with one attached hydrogen (secondary N) is 1. The molecule has 0 aromatic carbocycles. The molecule has 1 aliphatic rings. The van der Waals surface area contributed by atoms with Crippen molar-refractivity contribution < 1.29 is 0 Å². The van der Waals surface area contributed by atoms with Crippen molar-refractivity contribution >= 4 is 0 Å². The van der Waals surface area contributed by atoms with Gasteiger partial charge in [-0.3, -0.25) is 4.68 Å². The lowest BCUT2D eigenvalue weighted by atomic mass is 10.1. The summed E-state index contributed by atoms with van der Waals surface area (Å²) >= 11 is 0. The number of aromatic nitrogens is 2. The highest BCUT2D eigenvalue weighted by Gasteiger charge is 2.29. The number of hydrogen-bond donors (Lipinski definition) is 1. The Morgan fingerprint density at radius 3 is 2.75 bits per heavy atom. The minimum Gasteiger partial charge on any atom is -0.317 e. The van der Waals surface area contributed by atoms with Crippen molar-refractivity contribution in [3.63, 3.8) is 0 Å². The molecule has 1 aliphatic carbocycles. The summed E-state index contributed by atoms with van der Waals surface area (Å²) in [4.78, 5) is 0. The van der Waals surface area contributed by atoms with Gasteiger partial charge in [0.1, 0.15) is 0 Å². The standard InChI is InChI=1S/C13H23N3/c1-10(2)16-9-8-12(15-16)6-7-13(14-3)11-4-5-11/h8-11,13-14H,4-7H2,1-3H3. The number of rotatable bonds is 6.